The number of carbonyl (C=O) groups excluding carboxylic acids is 2. The molecule has 0 saturated carbocycles. The predicted molar refractivity (Wildman–Crippen MR) is 112 cm³/mol. The molecule has 1 aliphatic rings. The van der Waals surface area contributed by atoms with E-state index in [0.29, 0.717) is 48.8 Å². The quantitative estimate of drug-likeness (QED) is 0.521. The second kappa shape index (κ2) is 8.92. The van der Waals surface area contributed by atoms with Crippen molar-refractivity contribution in [1.29, 1.82) is 0 Å². The molecule has 2 amide bonds. The van der Waals surface area contributed by atoms with E-state index in [-0.39, 0.29) is 5.56 Å². The van der Waals surface area contributed by atoms with Gasteiger partial charge in [-0.25, -0.2) is 9.40 Å². The maximum absolute atomic E-state index is 13.7. The molecule has 1 N–H and O–H groups in total. The van der Waals surface area contributed by atoms with Crippen LogP contribution in [0.25, 0.3) is 0 Å². The number of ether oxygens (including phenoxy) is 2. The Morgan fingerprint density at radius 2 is 1.73 bits per heavy atom. The Kier molecular flexibility index (Phi) is 6.58. The van der Waals surface area contributed by atoms with Crippen LogP contribution < -0.4 is 14.9 Å². The topological polar surface area (TPSA) is 67.9 Å². The van der Waals surface area contributed by atoms with Crippen molar-refractivity contribution in [3.05, 3.63) is 58.4 Å². The number of carbonyl (C=O) groups is 2. The molecule has 0 aromatic heterocycles. The number of rotatable bonds is 3. The molecule has 0 radical (unpaired) electrons. The number of hydrazine groups is 1. The van der Waals surface area contributed by atoms with Gasteiger partial charge in [0.1, 0.15) is 19.0 Å². The van der Waals surface area contributed by atoms with Crippen LogP contribution >= 0.6 is 0 Å². The maximum Gasteiger partial charge on any atom is 0.419 e. The number of hydrogen-bond acceptors (Lipinski definition) is 4. The van der Waals surface area contributed by atoms with E-state index in [1.807, 2.05) is 6.92 Å². The molecule has 10 heteroatoms. The highest BCUT2D eigenvalue weighted by molar-refractivity contribution is 6.00. The van der Waals surface area contributed by atoms with Crippen molar-refractivity contribution < 1.29 is 36.6 Å². The molecule has 33 heavy (non-hydrogen) atoms. The minimum absolute atomic E-state index is 0.235. The molecule has 0 bridgehead atoms. The summed E-state index contributed by atoms with van der Waals surface area (Å²) in [4.78, 5) is 26.3. The van der Waals surface area contributed by atoms with Crippen molar-refractivity contribution in [2.75, 3.05) is 13.2 Å². The van der Waals surface area contributed by atoms with Crippen LogP contribution in [0.2, 0.25) is 0 Å². The average molecular weight is 468 g/mol. The third kappa shape index (κ3) is 5.04. The molecule has 3 rings (SSSR count). The molecule has 0 spiro atoms. The molecular weight excluding hydrogens is 444 g/mol. The Morgan fingerprint density at radius 1 is 1.06 bits per heavy atom. The summed E-state index contributed by atoms with van der Waals surface area (Å²) in [5.74, 6) is -2.11. The van der Waals surface area contributed by atoms with Gasteiger partial charge in [0.05, 0.1) is 11.1 Å². The lowest BCUT2D eigenvalue weighted by Gasteiger charge is -2.36. The summed E-state index contributed by atoms with van der Waals surface area (Å²) in [6.45, 7) is 7.33. The summed E-state index contributed by atoms with van der Waals surface area (Å²) in [7, 11) is 0. The molecule has 0 atom stereocenters. The van der Waals surface area contributed by atoms with Gasteiger partial charge in [-0.3, -0.25) is 15.0 Å². The number of fused-ring (bicyclic) bond motifs is 1. The number of hydrogen-bond donors (Lipinski definition) is 1. The zero-order valence-corrected chi connectivity index (χ0v) is 18.6. The van der Waals surface area contributed by atoms with Gasteiger partial charge >= 0.3 is 6.18 Å². The summed E-state index contributed by atoms with van der Waals surface area (Å²) < 4.78 is 64.2. The largest absolute Gasteiger partial charge is 0.486 e. The highest BCUT2D eigenvalue weighted by Gasteiger charge is 2.36. The van der Waals surface area contributed by atoms with Crippen LogP contribution in [0, 0.1) is 5.82 Å². The molecule has 1 aliphatic heterocycles. The summed E-state index contributed by atoms with van der Waals surface area (Å²) >= 11 is 0. The van der Waals surface area contributed by atoms with Gasteiger partial charge < -0.3 is 9.47 Å². The highest BCUT2D eigenvalue weighted by Crippen LogP contribution is 2.36. The first kappa shape index (κ1) is 24.3. The lowest BCUT2D eigenvalue weighted by Crippen LogP contribution is -2.56. The number of benzene rings is 2. The van der Waals surface area contributed by atoms with Gasteiger partial charge in [0.15, 0.2) is 11.5 Å². The van der Waals surface area contributed by atoms with Gasteiger partial charge in [-0.15, -0.1) is 0 Å². The van der Waals surface area contributed by atoms with E-state index in [1.54, 1.807) is 26.8 Å². The molecule has 6 nitrogen and oxygen atoms in total. The standard InChI is InChI=1S/C23H24F4N2O4/c1-5-14-15(7-9-18-19(14)33-11-10-32-18)20(30)28-29(22(2,3)4)21(31)13-6-8-17(24)16(12-13)23(25,26)27/h6-9,12H,5,10-11H2,1-4H3,(H,28,30). The third-order valence-corrected chi connectivity index (χ3v) is 5.02. The average Bonchev–Trinajstić information content (AvgIpc) is 2.74. The summed E-state index contributed by atoms with van der Waals surface area (Å²) in [5, 5.41) is 0.930. The van der Waals surface area contributed by atoms with Crippen molar-refractivity contribution in [2.45, 2.75) is 45.8 Å². The van der Waals surface area contributed by atoms with Crippen LogP contribution in [0.3, 0.4) is 0 Å². The summed E-state index contributed by atoms with van der Waals surface area (Å²) in [6, 6.07) is 5.08. The van der Waals surface area contributed by atoms with Gasteiger partial charge in [-0.1, -0.05) is 6.92 Å². The van der Waals surface area contributed by atoms with Crippen molar-refractivity contribution in [2.24, 2.45) is 0 Å². The number of nitrogens with zero attached hydrogens (tertiary/aromatic N) is 1. The van der Waals surface area contributed by atoms with Crippen LogP contribution in [0.15, 0.2) is 30.3 Å². The number of amides is 2. The first-order valence-corrected chi connectivity index (χ1v) is 10.3. The SMILES string of the molecule is CCc1c(C(=O)NN(C(=O)c2ccc(F)c(C(F)(F)F)c2)C(C)(C)C)ccc2c1OCCO2. The molecule has 0 fully saturated rings. The Labute approximate surface area is 188 Å². The first-order valence-electron chi connectivity index (χ1n) is 10.3. The van der Waals surface area contributed by atoms with E-state index in [4.69, 9.17) is 9.47 Å². The van der Waals surface area contributed by atoms with Gasteiger partial charge in [0, 0.05) is 16.7 Å². The van der Waals surface area contributed by atoms with E-state index < -0.39 is 40.5 Å². The zero-order chi connectivity index (χ0) is 24.6. The third-order valence-electron chi connectivity index (χ3n) is 5.02. The predicted octanol–water partition coefficient (Wildman–Crippen LogP) is 4.76. The monoisotopic (exact) mass is 468 g/mol. The molecule has 2 aromatic rings. The van der Waals surface area contributed by atoms with Gasteiger partial charge in [-0.2, -0.15) is 13.2 Å². The molecule has 1 heterocycles. The van der Waals surface area contributed by atoms with Crippen LogP contribution in [0.1, 0.15) is 59.5 Å². The van der Waals surface area contributed by atoms with Crippen LogP contribution in [-0.4, -0.2) is 35.6 Å². The minimum atomic E-state index is -4.97. The highest BCUT2D eigenvalue weighted by atomic mass is 19.4. The number of alkyl halides is 3. The van der Waals surface area contributed by atoms with Gasteiger partial charge in [0.25, 0.3) is 11.8 Å². The fraction of sp³-hybridized carbons (Fsp3) is 0.391. The lowest BCUT2D eigenvalue weighted by atomic mass is 10.0. The Hall–Kier alpha value is -3.30. The number of nitrogens with one attached hydrogen (secondary N) is 1. The molecule has 0 unspecified atom stereocenters. The Balaban J connectivity index is 1.96. The summed E-state index contributed by atoms with van der Waals surface area (Å²) in [6.07, 6.45) is -4.54. The van der Waals surface area contributed by atoms with E-state index >= 15 is 0 Å². The molecule has 0 saturated heterocycles. The maximum atomic E-state index is 13.7. The van der Waals surface area contributed by atoms with Crippen LogP contribution in [0.5, 0.6) is 11.5 Å². The van der Waals surface area contributed by atoms with Crippen molar-refractivity contribution >= 4 is 11.8 Å². The minimum Gasteiger partial charge on any atom is -0.486 e. The van der Waals surface area contributed by atoms with E-state index in [0.717, 1.165) is 11.1 Å². The van der Waals surface area contributed by atoms with Crippen molar-refractivity contribution in [1.82, 2.24) is 10.4 Å². The lowest BCUT2D eigenvalue weighted by molar-refractivity contribution is -0.140. The smallest absolute Gasteiger partial charge is 0.419 e. The number of halogens is 4. The second-order valence-electron chi connectivity index (χ2n) is 8.41. The van der Waals surface area contributed by atoms with E-state index in [9.17, 15) is 27.2 Å². The fourth-order valence-corrected chi connectivity index (χ4v) is 3.43. The fourth-order valence-electron chi connectivity index (χ4n) is 3.43. The molecule has 178 valence electrons. The summed E-state index contributed by atoms with van der Waals surface area (Å²) in [5.41, 5.74) is 0.315. The van der Waals surface area contributed by atoms with Gasteiger partial charge in [0.2, 0.25) is 0 Å². The van der Waals surface area contributed by atoms with Gasteiger partial charge in [-0.05, 0) is 57.5 Å². The van der Waals surface area contributed by atoms with Crippen LogP contribution in [0.4, 0.5) is 17.6 Å². The second-order valence-corrected chi connectivity index (χ2v) is 8.41. The van der Waals surface area contributed by atoms with Crippen LogP contribution in [-0.2, 0) is 12.6 Å². The van der Waals surface area contributed by atoms with Crippen molar-refractivity contribution in [3.63, 3.8) is 0 Å². The normalized spacial score (nSPS) is 13.5. The first-order chi connectivity index (χ1) is 15.3. The molecule has 2 aromatic carbocycles. The Bertz CT molecular complexity index is 1080. The van der Waals surface area contributed by atoms with E-state index in [1.165, 1.54) is 6.07 Å². The molecule has 0 aliphatic carbocycles. The van der Waals surface area contributed by atoms with Crippen molar-refractivity contribution in [3.8, 4) is 11.5 Å². The molecular formula is C23H24F4N2O4. The zero-order valence-electron chi connectivity index (χ0n) is 18.6. The Morgan fingerprint density at radius 3 is 2.33 bits per heavy atom. The van der Waals surface area contributed by atoms with E-state index in [2.05, 4.69) is 5.43 Å².